The highest BCUT2D eigenvalue weighted by Crippen LogP contribution is 2.28. The van der Waals surface area contributed by atoms with Crippen LogP contribution in [0.3, 0.4) is 0 Å². The monoisotopic (exact) mass is 455 g/mol. The van der Waals surface area contributed by atoms with E-state index in [2.05, 4.69) is 5.16 Å². The highest BCUT2D eigenvalue weighted by molar-refractivity contribution is 6.32. The van der Waals surface area contributed by atoms with Gasteiger partial charge in [0.25, 0.3) is 0 Å². The molecule has 0 fully saturated rings. The molecule has 0 atom stereocenters. The number of methoxy groups -OCH3 is 3. The Morgan fingerprint density at radius 1 is 1.13 bits per heavy atom. The highest BCUT2D eigenvalue weighted by atomic mass is 35.5. The number of halogens is 3. The van der Waals surface area contributed by atoms with Gasteiger partial charge in [-0.1, -0.05) is 46.6 Å². The summed E-state index contributed by atoms with van der Waals surface area (Å²) in [5.41, 5.74) is 1.94. The van der Waals surface area contributed by atoms with Crippen LogP contribution >= 0.6 is 23.2 Å². The lowest BCUT2D eigenvalue weighted by atomic mass is 10.0. The van der Waals surface area contributed by atoms with Crippen LogP contribution in [0, 0.1) is 5.82 Å². The van der Waals surface area contributed by atoms with Crippen molar-refractivity contribution >= 4 is 40.5 Å². The quantitative estimate of drug-likeness (QED) is 0.177. The SMILES string of the molecule is CO/C=C(/C(=O)OC)c1cccc(Cl)c1CO/N=C(\COC)c1ccc(Cl)c(F)c1. The van der Waals surface area contributed by atoms with Gasteiger partial charge in [0.2, 0.25) is 0 Å². The number of rotatable bonds is 9. The van der Waals surface area contributed by atoms with Gasteiger partial charge in [0.1, 0.15) is 23.7 Å². The second kappa shape index (κ2) is 11.5. The first kappa shape index (κ1) is 23.7. The molecule has 0 aliphatic carbocycles. The number of carbonyl (C=O) groups excluding carboxylic acids is 1. The van der Waals surface area contributed by atoms with E-state index in [4.69, 9.17) is 42.3 Å². The Morgan fingerprint density at radius 3 is 2.53 bits per heavy atom. The van der Waals surface area contributed by atoms with E-state index in [-0.39, 0.29) is 23.8 Å². The van der Waals surface area contributed by atoms with E-state index in [1.54, 1.807) is 24.3 Å². The van der Waals surface area contributed by atoms with E-state index in [0.29, 0.717) is 27.4 Å². The lowest BCUT2D eigenvalue weighted by molar-refractivity contribution is -0.133. The molecule has 0 aliphatic rings. The van der Waals surface area contributed by atoms with Gasteiger partial charge < -0.3 is 19.0 Å². The zero-order valence-electron chi connectivity index (χ0n) is 16.6. The van der Waals surface area contributed by atoms with Gasteiger partial charge >= 0.3 is 5.97 Å². The molecule has 0 heterocycles. The average molecular weight is 456 g/mol. The smallest absolute Gasteiger partial charge is 0.341 e. The summed E-state index contributed by atoms with van der Waals surface area (Å²) < 4.78 is 28.7. The average Bonchev–Trinajstić information content (AvgIpc) is 2.74. The summed E-state index contributed by atoms with van der Waals surface area (Å²) in [6.07, 6.45) is 1.26. The Morgan fingerprint density at radius 2 is 1.90 bits per heavy atom. The number of nitrogens with zero attached hydrogens (tertiary/aromatic N) is 1. The standard InChI is InChI=1S/C21H20Cl2FNO5/c1-27-10-16(21(26)29-3)14-5-4-6-17(22)15(14)11-30-25-20(12-28-2)13-7-8-18(23)19(24)9-13/h4-10H,11-12H2,1-3H3/b16-10+,25-20+. The molecule has 0 saturated carbocycles. The maximum Gasteiger partial charge on any atom is 0.341 e. The molecule has 9 heteroatoms. The number of benzene rings is 2. The number of esters is 1. The van der Waals surface area contributed by atoms with E-state index in [0.717, 1.165) is 0 Å². The predicted octanol–water partition coefficient (Wildman–Crippen LogP) is 4.86. The van der Waals surface area contributed by atoms with E-state index in [9.17, 15) is 9.18 Å². The van der Waals surface area contributed by atoms with Crippen LogP contribution in [-0.4, -0.2) is 39.6 Å². The van der Waals surface area contributed by atoms with Gasteiger partial charge in [-0.2, -0.15) is 0 Å². The van der Waals surface area contributed by atoms with Crippen LogP contribution in [0.25, 0.3) is 5.57 Å². The van der Waals surface area contributed by atoms with Crippen molar-refractivity contribution in [2.24, 2.45) is 5.16 Å². The van der Waals surface area contributed by atoms with E-state index in [1.807, 2.05) is 0 Å². The zero-order valence-corrected chi connectivity index (χ0v) is 18.1. The normalized spacial score (nSPS) is 11.9. The number of carbonyl (C=O) groups is 1. The van der Waals surface area contributed by atoms with Gasteiger partial charge in [-0.25, -0.2) is 9.18 Å². The fourth-order valence-corrected chi connectivity index (χ4v) is 2.90. The summed E-state index contributed by atoms with van der Waals surface area (Å²) in [4.78, 5) is 17.6. The lowest BCUT2D eigenvalue weighted by Crippen LogP contribution is -2.11. The minimum atomic E-state index is -0.597. The molecule has 0 radical (unpaired) electrons. The van der Waals surface area contributed by atoms with E-state index in [1.165, 1.54) is 39.7 Å². The molecule has 0 aromatic heterocycles. The first-order valence-corrected chi connectivity index (χ1v) is 9.40. The van der Waals surface area contributed by atoms with Crippen LogP contribution in [-0.2, 0) is 30.4 Å². The fourth-order valence-electron chi connectivity index (χ4n) is 2.56. The Labute approximate surface area is 183 Å². The molecule has 0 spiro atoms. The largest absolute Gasteiger partial charge is 0.503 e. The van der Waals surface area contributed by atoms with Crippen molar-refractivity contribution in [2.75, 3.05) is 27.9 Å². The summed E-state index contributed by atoms with van der Waals surface area (Å²) in [6.45, 7) is 0.00375. The van der Waals surface area contributed by atoms with Crippen molar-refractivity contribution in [1.29, 1.82) is 0 Å². The summed E-state index contributed by atoms with van der Waals surface area (Å²) in [5, 5.41) is 4.42. The zero-order chi connectivity index (χ0) is 22.1. The summed E-state index contributed by atoms with van der Waals surface area (Å²) >= 11 is 12.0. The molecule has 160 valence electrons. The van der Waals surface area contributed by atoms with Crippen molar-refractivity contribution < 1.29 is 28.2 Å². The van der Waals surface area contributed by atoms with Gasteiger partial charge in [-0.05, 0) is 18.2 Å². The van der Waals surface area contributed by atoms with Crippen molar-refractivity contribution in [3.8, 4) is 0 Å². The summed E-state index contributed by atoms with van der Waals surface area (Å²) in [5.74, 6) is -1.18. The first-order chi connectivity index (χ1) is 14.4. The molecule has 6 nitrogen and oxygen atoms in total. The molecule has 30 heavy (non-hydrogen) atoms. The van der Waals surface area contributed by atoms with Gasteiger partial charge in [0, 0.05) is 28.8 Å². The lowest BCUT2D eigenvalue weighted by Gasteiger charge is -2.13. The summed E-state index contributed by atoms with van der Waals surface area (Å²) in [7, 11) is 4.15. The summed E-state index contributed by atoms with van der Waals surface area (Å²) in [6, 6.07) is 9.28. The Balaban J connectivity index is 2.34. The highest BCUT2D eigenvalue weighted by Gasteiger charge is 2.19. The van der Waals surface area contributed by atoms with Crippen LogP contribution in [0.2, 0.25) is 10.0 Å². The molecule has 0 amide bonds. The molecule has 0 aliphatic heterocycles. The fraction of sp³-hybridized carbons (Fsp3) is 0.238. The third-order valence-corrected chi connectivity index (χ3v) is 4.63. The molecule has 0 saturated heterocycles. The Kier molecular flexibility index (Phi) is 9.11. The number of ether oxygens (including phenoxy) is 3. The second-order valence-electron chi connectivity index (χ2n) is 5.90. The van der Waals surface area contributed by atoms with Crippen LogP contribution in [0.1, 0.15) is 16.7 Å². The molecule has 0 unspecified atom stereocenters. The second-order valence-corrected chi connectivity index (χ2v) is 6.71. The van der Waals surface area contributed by atoms with Crippen LogP contribution in [0.4, 0.5) is 4.39 Å². The van der Waals surface area contributed by atoms with E-state index >= 15 is 0 Å². The van der Waals surface area contributed by atoms with Crippen molar-refractivity contribution in [1.82, 2.24) is 0 Å². The molecular formula is C21H20Cl2FNO5. The molecule has 2 rings (SSSR count). The Bertz CT molecular complexity index is 962. The van der Waals surface area contributed by atoms with E-state index < -0.39 is 11.8 Å². The minimum Gasteiger partial charge on any atom is -0.503 e. The Hall–Kier alpha value is -2.61. The topological polar surface area (TPSA) is 66.4 Å². The maximum absolute atomic E-state index is 13.8. The van der Waals surface area contributed by atoms with Gasteiger partial charge in [-0.15, -0.1) is 0 Å². The number of hydrogen-bond donors (Lipinski definition) is 0. The first-order valence-electron chi connectivity index (χ1n) is 8.65. The van der Waals surface area contributed by atoms with Crippen LogP contribution in [0.15, 0.2) is 47.8 Å². The number of oxime groups is 1. The third kappa shape index (κ3) is 5.95. The predicted molar refractivity (Wildman–Crippen MR) is 113 cm³/mol. The molecule has 0 bridgehead atoms. The van der Waals surface area contributed by atoms with Crippen LogP contribution in [0.5, 0.6) is 0 Å². The van der Waals surface area contributed by atoms with Gasteiger partial charge in [0.05, 0.1) is 32.1 Å². The van der Waals surface area contributed by atoms with Crippen molar-refractivity contribution in [3.05, 3.63) is 75.2 Å². The maximum atomic E-state index is 13.8. The van der Waals surface area contributed by atoms with Gasteiger partial charge in [0.15, 0.2) is 0 Å². The molecule has 0 N–H and O–H groups in total. The van der Waals surface area contributed by atoms with Crippen molar-refractivity contribution in [2.45, 2.75) is 6.61 Å². The van der Waals surface area contributed by atoms with Crippen molar-refractivity contribution in [3.63, 3.8) is 0 Å². The molecule has 2 aromatic carbocycles. The third-order valence-electron chi connectivity index (χ3n) is 3.97. The van der Waals surface area contributed by atoms with Crippen LogP contribution < -0.4 is 0 Å². The molecule has 2 aromatic rings. The molecular weight excluding hydrogens is 436 g/mol. The minimum absolute atomic E-state index is 0.00239. The number of hydrogen-bond acceptors (Lipinski definition) is 6. The van der Waals surface area contributed by atoms with Gasteiger partial charge in [-0.3, -0.25) is 0 Å².